The molecule has 0 spiro atoms. The lowest BCUT2D eigenvalue weighted by molar-refractivity contribution is 1.12. The van der Waals surface area contributed by atoms with Crippen molar-refractivity contribution in [2.45, 2.75) is 19.0 Å². The molecule has 4 heteroatoms. The number of hydrogen-bond donors (Lipinski definition) is 0. The third-order valence-electron chi connectivity index (χ3n) is 1.79. The van der Waals surface area contributed by atoms with Crippen molar-refractivity contribution in [1.82, 2.24) is 0 Å². The Morgan fingerprint density at radius 1 is 1.23 bits per heavy atom. The van der Waals surface area contributed by atoms with Crippen LogP contribution in [0.25, 0.3) is 0 Å². The van der Waals surface area contributed by atoms with Gasteiger partial charge in [-0.25, -0.2) is 0 Å². The van der Waals surface area contributed by atoms with Gasteiger partial charge in [0.05, 0.1) is 0 Å². The number of aryl methyl sites for hydroxylation is 1. The van der Waals surface area contributed by atoms with E-state index in [4.69, 9.17) is 33.8 Å². The zero-order valence-electron chi connectivity index (χ0n) is 7.36. The minimum absolute atomic E-state index is 0.800. The molecule has 0 fully saturated rings. The molecule has 1 rings (SSSR count). The Morgan fingerprint density at radius 2 is 1.85 bits per heavy atom. The lowest BCUT2D eigenvalue weighted by Crippen LogP contribution is -2.13. The van der Waals surface area contributed by atoms with Gasteiger partial charge >= 0.3 is 0 Å². The molecule has 0 bridgehead atoms. The molecule has 0 aliphatic carbocycles. The van der Waals surface area contributed by atoms with E-state index in [1.165, 1.54) is 0 Å². The highest BCUT2D eigenvalue weighted by Gasteiger charge is 2.20. The van der Waals surface area contributed by atoms with Gasteiger partial charge in [0.25, 0.3) is 0 Å². The van der Waals surface area contributed by atoms with Crippen molar-refractivity contribution in [2.24, 2.45) is 0 Å². The van der Waals surface area contributed by atoms with Crippen molar-refractivity contribution in [1.29, 1.82) is 0 Å². The number of benzene rings is 1. The Hall–Kier alpha value is 0.307. The summed E-state index contributed by atoms with van der Waals surface area (Å²) >= 11 is 18.0. The van der Waals surface area contributed by atoms with Gasteiger partial charge in [0.1, 0.15) is 0 Å². The maximum atomic E-state index is 6.00. The Bertz CT molecular complexity index is 280. The highest BCUT2D eigenvalue weighted by molar-refractivity contribution is 7.44. The SMILES string of the molecule is C[Si](Cl)(Cl)CCc1ccccc1Cl. The van der Waals surface area contributed by atoms with Gasteiger partial charge in [-0.1, -0.05) is 29.8 Å². The molecule has 0 N–H and O–H groups in total. The van der Waals surface area contributed by atoms with Gasteiger partial charge in [-0.3, -0.25) is 0 Å². The number of halogens is 3. The summed E-state index contributed by atoms with van der Waals surface area (Å²) in [4.78, 5) is 0. The second-order valence-corrected chi connectivity index (χ2v) is 11.8. The molecule has 0 aliphatic rings. The summed E-state index contributed by atoms with van der Waals surface area (Å²) < 4.78 is 0. The fourth-order valence-electron chi connectivity index (χ4n) is 1.06. The van der Waals surface area contributed by atoms with Crippen LogP contribution in [0, 0.1) is 0 Å². The van der Waals surface area contributed by atoms with E-state index in [2.05, 4.69) is 0 Å². The monoisotopic (exact) mass is 252 g/mol. The van der Waals surface area contributed by atoms with Crippen LogP contribution in [0.1, 0.15) is 5.56 Å². The zero-order valence-corrected chi connectivity index (χ0v) is 10.6. The molecule has 0 heterocycles. The minimum Gasteiger partial charge on any atom is -0.146 e. The molecular weight excluding hydrogens is 243 g/mol. The van der Waals surface area contributed by atoms with E-state index in [-0.39, 0.29) is 0 Å². The second kappa shape index (κ2) is 4.69. The van der Waals surface area contributed by atoms with E-state index in [0.717, 1.165) is 23.1 Å². The van der Waals surface area contributed by atoms with Crippen molar-refractivity contribution in [3.8, 4) is 0 Å². The van der Waals surface area contributed by atoms with Gasteiger partial charge < -0.3 is 0 Å². The molecule has 13 heavy (non-hydrogen) atoms. The highest BCUT2D eigenvalue weighted by Crippen LogP contribution is 2.24. The lowest BCUT2D eigenvalue weighted by atomic mass is 10.2. The molecule has 72 valence electrons. The van der Waals surface area contributed by atoms with Crippen molar-refractivity contribution in [3.63, 3.8) is 0 Å². The lowest BCUT2D eigenvalue weighted by Gasteiger charge is -2.10. The van der Waals surface area contributed by atoms with E-state index < -0.39 is 6.69 Å². The first-order valence-corrected chi connectivity index (χ1v) is 9.21. The van der Waals surface area contributed by atoms with Crippen LogP contribution in [0.2, 0.25) is 17.6 Å². The third kappa shape index (κ3) is 4.36. The predicted molar refractivity (Wildman–Crippen MR) is 63.3 cm³/mol. The summed E-state index contributed by atoms with van der Waals surface area (Å²) in [7, 11) is 0. The molecule has 1 aromatic carbocycles. The maximum Gasteiger partial charge on any atom is 0.248 e. The van der Waals surface area contributed by atoms with Crippen LogP contribution in [0.3, 0.4) is 0 Å². The van der Waals surface area contributed by atoms with E-state index in [9.17, 15) is 0 Å². The molecule has 0 saturated carbocycles. The molecule has 0 nitrogen and oxygen atoms in total. The Kier molecular flexibility index (Phi) is 4.11. The normalized spacial score (nSPS) is 11.7. The first-order chi connectivity index (χ1) is 5.99. The average Bonchev–Trinajstić information content (AvgIpc) is 2.01. The van der Waals surface area contributed by atoms with Crippen LogP contribution in [0.15, 0.2) is 24.3 Å². The summed E-state index contributed by atoms with van der Waals surface area (Å²) in [6, 6.07) is 8.64. The Balaban J connectivity index is 2.60. The van der Waals surface area contributed by atoms with Crippen molar-refractivity contribution >= 4 is 40.5 Å². The van der Waals surface area contributed by atoms with Crippen molar-refractivity contribution in [2.75, 3.05) is 0 Å². The standard InChI is InChI=1S/C9H11Cl3Si/c1-13(11,12)7-6-8-4-2-3-5-9(8)10/h2-5H,6-7H2,1H3. The molecule has 0 aliphatic heterocycles. The quantitative estimate of drug-likeness (QED) is 0.552. The van der Waals surface area contributed by atoms with Crippen LogP contribution in [-0.2, 0) is 6.42 Å². The van der Waals surface area contributed by atoms with Gasteiger partial charge in [0.15, 0.2) is 0 Å². The molecule has 0 aromatic heterocycles. The molecule has 0 radical (unpaired) electrons. The van der Waals surface area contributed by atoms with E-state index in [1.54, 1.807) is 0 Å². The van der Waals surface area contributed by atoms with Gasteiger partial charge in [-0.2, -0.15) is 0 Å². The van der Waals surface area contributed by atoms with Gasteiger partial charge in [0, 0.05) is 5.02 Å². The van der Waals surface area contributed by atoms with Crippen LogP contribution >= 0.6 is 33.8 Å². The van der Waals surface area contributed by atoms with E-state index in [1.807, 2.05) is 30.8 Å². The van der Waals surface area contributed by atoms with Crippen molar-refractivity contribution < 1.29 is 0 Å². The zero-order chi connectivity index (χ0) is 9.90. The predicted octanol–water partition coefficient (Wildman–Crippen LogP) is 4.43. The maximum absolute atomic E-state index is 6.00. The summed E-state index contributed by atoms with van der Waals surface area (Å²) in [5.41, 5.74) is 1.13. The molecule has 1 aromatic rings. The average molecular weight is 254 g/mol. The summed E-state index contributed by atoms with van der Waals surface area (Å²) in [5.74, 6) is 0. The third-order valence-corrected chi connectivity index (χ3v) is 4.42. The summed E-state index contributed by atoms with van der Waals surface area (Å²) in [6.45, 7) is -0.0536. The summed E-state index contributed by atoms with van der Waals surface area (Å²) in [6.07, 6.45) is 0.870. The number of hydrogen-bond acceptors (Lipinski definition) is 0. The van der Waals surface area contributed by atoms with E-state index >= 15 is 0 Å². The molecule has 0 saturated heterocycles. The van der Waals surface area contributed by atoms with Crippen molar-refractivity contribution in [3.05, 3.63) is 34.9 Å². The number of rotatable bonds is 3. The van der Waals surface area contributed by atoms with E-state index in [0.29, 0.717) is 0 Å². The Morgan fingerprint density at radius 3 is 2.38 bits per heavy atom. The van der Waals surface area contributed by atoms with Gasteiger partial charge in [-0.15, -0.1) is 22.2 Å². The van der Waals surface area contributed by atoms with Gasteiger partial charge in [0.2, 0.25) is 6.69 Å². The fraction of sp³-hybridized carbons (Fsp3) is 0.333. The topological polar surface area (TPSA) is 0 Å². The molecule has 0 atom stereocenters. The first-order valence-electron chi connectivity index (χ1n) is 4.10. The van der Waals surface area contributed by atoms with Crippen LogP contribution in [-0.4, -0.2) is 6.69 Å². The van der Waals surface area contributed by atoms with Crippen LogP contribution < -0.4 is 0 Å². The second-order valence-electron chi connectivity index (χ2n) is 3.16. The smallest absolute Gasteiger partial charge is 0.146 e. The molecular formula is C9H11Cl3Si. The molecule has 0 unspecified atom stereocenters. The first kappa shape index (κ1) is 11.4. The minimum atomic E-state index is -1.98. The van der Waals surface area contributed by atoms with Gasteiger partial charge in [-0.05, 0) is 30.6 Å². The van der Waals surface area contributed by atoms with Crippen LogP contribution in [0.5, 0.6) is 0 Å². The van der Waals surface area contributed by atoms with Crippen LogP contribution in [0.4, 0.5) is 0 Å². The molecule has 0 amide bonds. The summed E-state index contributed by atoms with van der Waals surface area (Å²) in [5, 5.41) is 0.800. The largest absolute Gasteiger partial charge is 0.248 e. The Labute approximate surface area is 94.2 Å². The highest BCUT2D eigenvalue weighted by atomic mass is 35.7. The fourth-order valence-corrected chi connectivity index (χ4v) is 2.56.